The molecule has 0 aromatic carbocycles. The number of likely N-dealkylation sites (N-methyl/N-ethyl adjacent to an activating group) is 1. The van der Waals surface area contributed by atoms with Crippen molar-refractivity contribution in [1.29, 1.82) is 0 Å². The van der Waals surface area contributed by atoms with Gasteiger partial charge < -0.3 is 14.6 Å². The van der Waals surface area contributed by atoms with Crippen LogP contribution in [0.4, 0.5) is 0 Å². The Morgan fingerprint density at radius 2 is 2.47 bits per heavy atom. The van der Waals surface area contributed by atoms with Crippen LogP contribution in [0.5, 0.6) is 0 Å². The van der Waals surface area contributed by atoms with Gasteiger partial charge in [0.05, 0.1) is 19.4 Å². The van der Waals surface area contributed by atoms with E-state index < -0.39 is 0 Å². The molecule has 2 amide bonds. The Hall–Kier alpha value is -1.82. The topological polar surface area (TPSA) is 74.6 Å². The number of carbonyl (C=O) groups excluding carboxylic acids is 2. The number of amides is 2. The quantitative estimate of drug-likeness (QED) is 0.731. The molecule has 1 fully saturated rings. The molecule has 2 rings (SSSR count). The maximum Gasteiger partial charge on any atom is 0.241 e. The number of furan rings is 1. The molecule has 0 aliphatic carbocycles. The average Bonchev–Trinajstić information content (AvgIpc) is 2.82. The molecular formula is C11H15N3O3. The van der Waals surface area contributed by atoms with E-state index in [1.165, 1.54) is 0 Å². The largest absolute Gasteiger partial charge is 0.467 e. The second-order valence-electron chi connectivity index (χ2n) is 4.01. The highest BCUT2D eigenvalue weighted by atomic mass is 16.3. The van der Waals surface area contributed by atoms with Gasteiger partial charge in [-0.15, -0.1) is 0 Å². The van der Waals surface area contributed by atoms with Gasteiger partial charge in [0.1, 0.15) is 11.8 Å². The lowest BCUT2D eigenvalue weighted by Crippen LogP contribution is -2.58. The third-order valence-electron chi connectivity index (χ3n) is 2.66. The van der Waals surface area contributed by atoms with Crippen LogP contribution in [0.1, 0.15) is 5.76 Å². The lowest BCUT2D eigenvalue weighted by atomic mass is 10.2. The van der Waals surface area contributed by atoms with E-state index in [1.807, 2.05) is 6.07 Å². The van der Waals surface area contributed by atoms with Crippen molar-refractivity contribution >= 4 is 11.8 Å². The summed E-state index contributed by atoms with van der Waals surface area (Å²) < 4.78 is 5.17. The Balaban J connectivity index is 1.88. The fourth-order valence-electron chi connectivity index (χ4n) is 1.72. The van der Waals surface area contributed by atoms with Gasteiger partial charge >= 0.3 is 0 Å². The number of hydrogen-bond donors (Lipinski definition) is 2. The predicted molar refractivity (Wildman–Crippen MR) is 60.0 cm³/mol. The molecule has 1 aliphatic heterocycles. The van der Waals surface area contributed by atoms with E-state index in [9.17, 15) is 9.59 Å². The summed E-state index contributed by atoms with van der Waals surface area (Å²) in [6, 6.07) is 3.25. The van der Waals surface area contributed by atoms with Gasteiger partial charge in [0.15, 0.2) is 0 Å². The van der Waals surface area contributed by atoms with Crippen LogP contribution in [0.25, 0.3) is 0 Å². The molecule has 0 radical (unpaired) electrons. The van der Waals surface area contributed by atoms with Crippen LogP contribution in [0.2, 0.25) is 0 Å². The molecule has 0 saturated carbocycles. The lowest BCUT2D eigenvalue weighted by Gasteiger charge is -2.27. The van der Waals surface area contributed by atoms with Crippen LogP contribution in [0.3, 0.4) is 0 Å². The van der Waals surface area contributed by atoms with Crippen LogP contribution in [0.15, 0.2) is 22.8 Å². The van der Waals surface area contributed by atoms with Gasteiger partial charge in [-0.25, -0.2) is 0 Å². The van der Waals surface area contributed by atoms with E-state index in [2.05, 4.69) is 10.6 Å². The monoisotopic (exact) mass is 237 g/mol. The molecule has 1 aliphatic rings. The van der Waals surface area contributed by atoms with E-state index in [-0.39, 0.29) is 24.4 Å². The molecule has 0 bridgehead atoms. The summed E-state index contributed by atoms with van der Waals surface area (Å²) in [5, 5.41) is 5.55. The van der Waals surface area contributed by atoms with Gasteiger partial charge in [0.25, 0.3) is 0 Å². The molecule has 1 aromatic heterocycles. The molecule has 17 heavy (non-hydrogen) atoms. The summed E-state index contributed by atoms with van der Waals surface area (Å²) in [5.74, 6) is 0.602. The van der Waals surface area contributed by atoms with Gasteiger partial charge in [-0.3, -0.25) is 14.9 Å². The van der Waals surface area contributed by atoms with Gasteiger partial charge in [-0.05, 0) is 12.1 Å². The summed E-state index contributed by atoms with van der Waals surface area (Å²) in [6.07, 6.45) is 1.58. The first kappa shape index (κ1) is 11.7. The summed E-state index contributed by atoms with van der Waals surface area (Å²) in [7, 11) is 1.71. The average molecular weight is 237 g/mol. The van der Waals surface area contributed by atoms with Crippen molar-refractivity contribution in [2.24, 2.45) is 0 Å². The van der Waals surface area contributed by atoms with E-state index >= 15 is 0 Å². The number of hydrogen-bond acceptors (Lipinski definition) is 4. The summed E-state index contributed by atoms with van der Waals surface area (Å²) in [6.45, 7) is 0.948. The molecule has 1 saturated heterocycles. The second kappa shape index (κ2) is 5.01. The van der Waals surface area contributed by atoms with E-state index in [0.717, 1.165) is 5.76 Å². The van der Waals surface area contributed by atoms with Gasteiger partial charge in [-0.2, -0.15) is 0 Å². The fourth-order valence-corrected chi connectivity index (χ4v) is 1.72. The van der Waals surface area contributed by atoms with Gasteiger partial charge in [0, 0.05) is 13.6 Å². The van der Waals surface area contributed by atoms with Crippen molar-refractivity contribution in [3.8, 4) is 0 Å². The lowest BCUT2D eigenvalue weighted by molar-refractivity contribution is -0.134. The predicted octanol–water partition coefficient (Wildman–Crippen LogP) is -0.674. The Kier molecular flexibility index (Phi) is 3.43. The molecule has 1 atom stereocenters. The Morgan fingerprint density at radius 1 is 1.65 bits per heavy atom. The normalized spacial score (nSPS) is 19.8. The minimum Gasteiger partial charge on any atom is -0.467 e. The van der Waals surface area contributed by atoms with Crippen molar-refractivity contribution in [3.63, 3.8) is 0 Å². The van der Waals surface area contributed by atoms with Crippen molar-refractivity contribution in [1.82, 2.24) is 15.5 Å². The van der Waals surface area contributed by atoms with E-state index in [0.29, 0.717) is 13.1 Å². The second-order valence-corrected chi connectivity index (χ2v) is 4.01. The van der Waals surface area contributed by atoms with Crippen LogP contribution >= 0.6 is 0 Å². The zero-order valence-electron chi connectivity index (χ0n) is 9.60. The minimum absolute atomic E-state index is 0.0543. The van der Waals surface area contributed by atoms with Crippen LogP contribution in [-0.2, 0) is 16.1 Å². The SMILES string of the molecule is CN(Cc1ccco1)C(=O)C1CNC(=O)CN1. The molecule has 1 aromatic rings. The number of carbonyl (C=O) groups is 2. The molecular weight excluding hydrogens is 222 g/mol. The van der Waals surface area contributed by atoms with Gasteiger partial charge in [0.2, 0.25) is 11.8 Å². The zero-order chi connectivity index (χ0) is 12.3. The van der Waals surface area contributed by atoms with E-state index in [4.69, 9.17) is 4.42 Å². The van der Waals surface area contributed by atoms with Gasteiger partial charge in [-0.1, -0.05) is 0 Å². The Labute approximate surface area is 99.0 Å². The minimum atomic E-state index is -0.354. The summed E-state index contributed by atoms with van der Waals surface area (Å²) in [5.41, 5.74) is 0. The molecule has 2 N–H and O–H groups in total. The third kappa shape index (κ3) is 2.85. The number of piperazine rings is 1. The molecule has 0 spiro atoms. The smallest absolute Gasteiger partial charge is 0.241 e. The molecule has 92 valence electrons. The Morgan fingerprint density at radius 3 is 3.06 bits per heavy atom. The summed E-state index contributed by atoms with van der Waals surface area (Å²) >= 11 is 0. The highest BCUT2D eigenvalue weighted by Gasteiger charge is 2.26. The maximum atomic E-state index is 12.0. The number of rotatable bonds is 3. The third-order valence-corrected chi connectivity index (χ3v) is 2.66. The molecule has 6 heteroatoms. The fraction of sp³-hybridized carbons (Fsp3) is 0.455. The first-order chi connectivity index (χ1) is 8.16. The standard InChI is InChI=1S/C11H15N3O3/c1-14(7-8-3-2-4-17-8)11(16)9-5-13-10(15)6-12-9/h2-4,9,12H,5-7H2,1H3,(H,13,15). The van der Waals surface area contributed by atoms with Crippen LogP contribution < -0.4 is 10.6 Å². The van der Waals surface area contributed by atoms with Crippen LogP contribution in [-0.4, -0.2) is 42.9 Å². The highest BCUT2D eigenvalue weighted by Crippen LogP contribution is 2.05. The number of nitrogens with one attached hydrogen (secondary N) is 2. The molecule has 6 nitrogen and oxygen atoms in total. The van der Waals surface area contributed by atoms with Crippen LogP contribution in [0, 0.1) is 0 Å². The van der Waals surface area contributed by atoms with Crippen molar-refractivity contribution in [3.05, 3.63) is 24.2 Å². The van der Waals surface area contributed by atoms with Crippen molar-refractivity contribution in [2.45, 2.75) is 12.6 Å². The maximum absolute atomic E-state index is 12.0. The molecule has 2 heterocycles. The van der Waals surface area contributed by atoms with Crippen molar-refractivity contribution in [2.75, 3.05) is 20.1 Å². The Bertz CT molecular complexity index is 392. The van der Waals surface area contributed by atoms with Crippen molar-refractivity contribution < 1.29 is 14.0 Å². The first-order valence-electron chi connectivity index (χ1n) is 5.44. The summed E-state index contributed by atoms with van der Waals surface area (Å²) in [4.78, 5) is 24.5. The molecule has 1 unspecified atom stereocenters. The van der Waals surface area contributed by atoms with E-state index in [1.54, 1.807) is 24.3 Å². The first-order valence-corrected chi connectivity index (χ1v) is 5.44. The number of nitrogens with zero attached hydrogens (tertiary/aromatic N) is 1. The zero-order valence-corrected chi connectivity index (χ0v) is 9.60. The highest BCUT2D eigenvalue weighted by molar-refractivity contribution is 5.86.